The van der Waals surface area contributed by atoms with Gasteiger partial charge in [0.2, 0.25) is 0 Å². The van der Waals surface area contributed by atoms with E-state index in [0.717, 1.165) is 213 Å². The largest absolute Gasteiger partial charge is 1.00 e. The Kier molecular flexibility index (Phi) is 47.7. The van der Waals surface area contributed by atoms with Crippen LogP contribution in [0.4, 0.5) is 0 Å². The van der Waals surface area contributed by atoms with Crippen LogP contribution in [-0.4, -0.2) is 84.6 Å². The van der Waals surface area contributed by atoms with Gasteiger partial charge in [-0.2, -0.15) is 0 Å². The van der Waals surface area contributed by atoms with Crippen molar-refractivity contribution in [1.82, 2.24) is 5.32 Å². The molecule has 7 N–H and O–H groups in total. The van der Waals surface area contributed by atoms with Crippen LogP contribution in [-0.2, 0) is 21.0 Å². The third-order valence-electron chi connectivity index (χ3n) is 39.4. The summed E-state index contributed by atoms with van der Waals surface area (Å²) in [5.41, 5.74) is 9.19. The molecule has 0 radical (unpaired) electrons. The molecule has 0 unspecified atom stereocenters. The van der Waals surface area contributed by atoms with Gasteiger partial charge in [-0.15, -0.1) is 0 Å². The Morgan fingerprint density at radius 1 is 0.419 bits per heavy atom. The minimum Gasteiger partial charge on any atom is -1.00 e. The molecule has 16 fully saturated rings. The van der Waals surface area contributed by atoms with Gasteiger partial charge in [0, 0.05) is 30.0 Å². The summed E-state index contributed by atoms with van der Waals surface area (Å²) in [6, 6.07) is 29.5. The van der Waals surface area contributed by atoms with Crippen LogP contribution in [0.25, 0.3) is 0 Å². The van der Waals surface area contributed by atoms with Gasteiger partial charge in [-0.1, -0.05) is 204 Å². The number of Topliss-reactive ketones (excluding diaryl/α,β-unsaturated/α-hetero) is 1. The van der Waals surface area contributed by atoms with Crippen molar-refractivity contribution in [1.29, 1.82) is 0 Å². The van der Waals surface area contributed by atoms with Crippen molar-refractivity contribution < 1.29 is 154 Å². The number of ketones is 1. The zero-order valence-corrected chi connectivity index (χ0v) is 88.2. The number of benzene rings is 3. The number of rotatable bonds is 12. The van der Waals surface area contributed by atoms with E-state index in [4.69, 9.17) is 27.4 Å². The number of carbonyl (C=O) groups excluding carboxylic acids is 4. The Morgan fingerprint density at radius 2 is 0.721 bits per heavy atom. The van der Waals surface area contributed by atoms with Crippen molar-refractivity contribution in [3.05, 3.63) is 108 Å². The van der Waals surface area contributed by atoms with E-state index in [1.165, 1.54) is 217 Å². The van der Waals surface area contributed by atoms with Crippen LogP contribution < -0.4 is 119 Å². The first-order chi connectivity index (χ1) is 58.4. The average Bonchev–Trinajstić information content (AvgIpc) is 0.752. The van der Waals surface area contributed by atoms with E-state index in [2.05, 4.69) is 112 Å². The number of nitrogens with one attached hydrogen (secondary N) is 1. The minimum atomic E-state index is -0.418. The molecule has 0 spiro atoms. The number of fused-ring (bicyclic) bond motifs is 20. The maximum atomic E-state index is 12.8. The number of carbonyl (C=O) groups is 4. The van der Waals surface area contributed by atoms with Gasteiger partial charge in [-0.05, 0) is 458 Å². The zero-order valence-electron chi connectivity index (χ0n) is 80.1. The topological polar surface area (TPSA) is 220 Å². The van der Waals surface area contributed by atoms with Gasteiger partial charge in [0.05, 0.1) is 22.4 Å². The Morgan fingerprint density at radius 3 is 1.06 bits per heavy atom. The Balaban J connectivity index is 0.000000287. The molecular weight excluding hydrogens is 1790 g/mol. The van der Waals surface area contributed by atoms with Gasteiger partial charge in [0.25, 0.3) is 11.7 Å². The Labute approximate surface area is 893 Å². The van der Waals surface area contributed by atoms with Gasteiger partial charge in [0.15, 0.2) is 5.78 Å². The van der Waals surface area contributed by atoms with Crippen molar-refractivity contribution >= 4 is 58.0 Å². The average molecular weight is 1970 g/mol. The first-order valence-corrected chi connectivity index (χ1v) is 52.7. The van der Waals surface area contributed by atoms with E-state index in [1.54, 1.807) is 24.3 Å². The first-order valence-electron chi connectivity index (χ1n) is 50.2. The van der Waals surface area contributed by atoms with E-state index in [1.807, 2.05) is 48.3 Å². The number of aldehydes is 1. The molecule has 32 atom stereocenters. The summed E-state index contributed by atoms with van der Waals surface area (Å²) < 4.78 is 0. The fourth-order valence-corrected chi connectivity index (χ4v) is 33.7. The molecule has 724 valence electrons. The smallest absolute Gasteiger partial charge is 1.00 e. The van der Waals surface area contributed by atoms with Gasteiger partial charge >= 0.3 is 103 Å². The van der Waals surface area contributed by atoms with Gasteiger partial charge in [-0.3, -0.25) is 14.4 Å². The van der Waals surface area contributed by atoms with Crippen LogP contribution in [0, 0.1) is 164 Å². The summed E-state index contributed by atoms with van der Waals surface area (Å²) in [4.78, 5) is 48.1. The standard InChI is InChI=1S/C29H42O2.C28H43NO.C21H37NO.C21H34O2.C7H5ClO.CH3I.CH2O3.5CH4.2K.H/c1-28(31)17-15-23-21(19-28)11-13-25-24(23)16-18-29(2)22(9-6-10-26(25)29)12-14-27(30)20-7-4-3-5-8-20;1-27(30)15-13-23-21(17-27)11-12-25-24(23)14-16-28(2)22(9-6-10-26(25)28)19-29-18-20-7-4-3-5-8-20;2*1-20(23)10-8-16-14(12-20)6-7-18-17(16)9-11-21(2)15(13-22)4-3-5-19(18)21;8-7(9)6-4-2-1-3-5-6;1-2;2-1-4-3;;;;;;;;/h3-5,7-8,21-26,31H,6,9-19H2,1-2H3;3-5,7-8,21-26,29-30H,6,9-19H2,1-2H3;14-19,23H,3-13,22H2,1-2H3;13-19,23H,3-12H2,1-2H3;1-5H;1H3;1,3H;5*1H4;;;/q;;;;;;;;;;;;2*+1;-1/p-1/t21-,22-,23+,24-,25-,26+,28-,29-;21-,22-,23+,24-,25-,26+,27-,28-;2*14-,15-,16+,17-,18-,19+,20-,21-;;;;;;;;;;;/m1111.........../s1. The van der Waals surface area contributed by atoms with Gasteiger partial charge in [-0.25, -0.2) is 0 Å². The first kappa shape index (κ1) is 118. The zero-order chi connectivity index (χ0) is 87.0. The molecule has 0 heterocycles. The number of alkyl halides is 1. The van der Waals surface area contributed by atoms with Crippen molar-refractivity contribution in [2.24, 2.45) is 169 Å². The summed E-state index contributed by atoms with van der Waals surface area (Å²) in [5, 5.41) is 54.1. The second-order valence-corrected chi connectivity index (χ2v) is 46.3. The van der Waals surface area contributed by atoms with Crippen LogP contribution >= 0.6 is 34.2 Å². The number of hydrogen-bond acceptors (Lipinski definition) is 12. The number of aliphatic hydroxyl groups is 4. The van der Waals surface area contributed by atoms with Gasteiger partial charge in [0.1, 0.15) is 6.29 Å². The Bertz CT molecular complexity index is 3810. The van der Waals surface area contributed by atoms with Crippen molar-refractivity contribution in [2.75, 3.05) is 18.0 Å². The molecule has 0 aromatic heterocycles. The van der Waals surface area contributed by atoms with Crippen molar-refractivity contribution in [3.8, 4) is 0 Å². The molecule has 16 heteroatoms. The molecule has 0 bridgehead atoms. The molecule has 129 heavy (non-hydrogen) atoms. The van der Waals surface area contributed by atoms with Crippen LogP contribution in [0.1, 0.15) is 390 Å². The predicted octanol–water partition coefficient (Wildman–Crippen LogP) is 21.0. The van der Waals surface area contributed by atoms with E-state index < -0.39 is 22.0 Å². The number of halogens is 2. The van der Waals surface area contributed by atoms with Crippen LogP contribution in [0.15, 0.2) is 91.0 Å². The molecule has 3 aromatic carbocycles. The molecular formula is C113H186ClIK2N2O10. The normalized spacial score (nSPS) is 42.3. The summed E-state index contributed by atoms with van der Waals surface area (Å²) in [7, 11) is 0. The predicted molar refractivity (Wildman–Crippen MR) is 535 cm³/mol. The Hall–Kier alpha value is 0.153. The molecule has 16 aliphatic rings. The fraction of sp³-hybridized carbons (Fsp3) is 0.805. The SMILES string of the molecule is C.C.C.C.C.CI.C[C@@]1(O)CC[C@H]2[C@H](CC[C@@H]3[C@@H]2CC[C@]2(C)[C@@H](C=O)CCC[C@@H]32)C1.C[C@@]1(O)CC[C@H]2[C@H](CC[C@@H]3[C@@H]2CC[C@]2(C)[C@@H](CCC(=O)c4ccccc4)CCC[C@@H]32)C1.C[C@@]1(O)CC[C@H]2[C@H](CC[C@@H]3[C@@H]2CC[C@]2(C)[C@@H](CN)CCC[C@@H]32)C1.C[C@@]1(O)CC[C@H]2[C@H](CC[C@@H]3[C@@H]2CC[C@]2(C)[C@@H](CNCc4ccccc4)CCC[C@@H]32)C1.O=C(Cl)c1ccccc1.O=CO[O-].[H-].[K+].[K+]. The summed E-state index contributed by atoms with van der Waals surface area (Å²) in [6.07, 6.45) is 54.9. The summed E-state index contributed by atoms with van der Waals surface area (Å²) in [6.45, 7) is 21.5. The molecule has 19 rings (SSSR count). The molecule has 12 nitrogen and oxygen atoms in total. The third-order valence-corrected chi connectivity index (χ3v) is 39.7. The maximum absolute atomic E-state index is 12.8. The second kappa shape index (κ2) is 52.2. The fourth-order valence-electron chi connectivity index (χ4n) is 33.6. The van der Waals surface area contributed by atoms with Crippen molar-refractivity contribution in [3.63, 3.8) is 0 Å². The minimum absolute atomic E-state index is 0. The molecule has 0 aliphatic heterocycles. The van der Waals surface area contributed by atoms with Gasteiger partial charge < -0.3 is 47.8 Å². The van der Waals surface area contributed by atoms with E-state index in [0.29, 0.717) is 45.8 Å². The maximum Gasteiger partial charge on any atom is 1.00 e. The number of hydrogen-bond donors (Lipinski definition) is 6. The third kappa shape index (κ3) is 27.5. The summed E-state index contributed by atoms with van der Waals surface area (Å²) >= 11 is 7.31. The van der Waals surface area contributed by atoms with Crippen LogP contribution in [0.3, 0.4) is 0 Å². The monoisotopic (exact) mass is 1970 g/mol. The van der Waals surface area contributed by atoms with Crippen molar-refractivity contribution in [2.45, 2.75) is 391 Å². The molecule has 3 aromatic rings. The molecule has 0 amide bonds. The molecule has 16 saturated carbocycles. The molecule has 16 aliphatic carbocycles. The molecule has 0 saturated heterocycles. The van der Waals surface area contributed by atoms with E-state index in [-0.39, 0.29) is 159 Å². The van der Waals surface area contributed by atoms with Crippen LogP contribution in [0.5, 0.6) is 0 Å². The summed E-state index contributed by atoms with van der Waals surface area (Å²) in [5.74, 6) is 20.5. The van der Waals surface area contributed by atoms with E-state index >= 15 is 0 Å². The number of nitrogens with two attached hydrogens (primary N) is 1. The van der Waals surface area contributed by atoms with Crippen LogP contribution in [0.2, 0.25) is 0 Å². The quantitative estimate of drug-likeness (QED) is 0.0146. The van der Waals surface area contributed by atoms with E-state index in [9.17, 15) is 34.8 Å². The second-order valence-electron chi connectivity index (χ2n) is 45.9.